The monoisotopic (exact) mass is 341 g/mol. The summed E-state index contributed by atoms with van der Waals surface area (Å²) in [7, 11) is -3.18. The van der Waals surface area contributed by atoms with E-state index in [0.29, 0.717) is 45.8 Å². The molecule has 7 nitrogen and oxygen atoms in total. The number of morpholine rings is 1. The van der Waals surface area contributed by atoms with Crippen molar-refractivity contribution in [2.45, 2.75) is 25.5 Å². The van der Waals surface area contributed by atoms with Crippen molar-refractivity contribution < 1.29 is 17.9 Å². The van der Waals surface area contributed by atoms with Crippen molar-refractivity contribution in [2.75, 3.05) is 45.6 Å². The zero-order valence-corrected chi connectivity index (χ0v) is 14.1. The molecule has 2 saturated heterocycles. The van der Waals surface area contributed by atoms with E-state index in [9.17, 15) is 13.2 Å². The minimum atomic E-state index is -3.18. The Morgan fingerprint density at radius 3 is 2.57 bits per heavy atom. The molecule has 0 aromatic rings. The summed E-state index contributed by atoms with van der Waals surface area (Å²) < 4.78 is 30.1. The summed E-state index contributed by atoms with van der Waals surface area (Å²) in [6, 6.07) is -0.325. The lowest BCUT2D eigenvalue weighted by atomic mass is 10.1. The first-order valence-electron chi connectivity index (χ1n) is 6.98. The second-order valence-corrected chi connectivity index (χ2v) is 7.33. The predicted molar refractivity (Wildman–Crippen MR) is 82.1 cm³/mol. The molecule has 0 aromatic carbocycles. The van der Waals surface area contributed by atoms with E-state index in [1.54, 1.807) is 4.90 Å². The Morgan fingerprint density at radius 2 is 1.95 bits per heavy atom. The molecule has 2 rings (SSSR count). The van der Waals surface area contributed by atoms with Gasteiger partial charge in [0.1, 0.15) is 6.04 Å². The number of halogens is 1. The summed E-state index contributed by atoms with van der Waals surface area (Å²) in [5.41, 5.74) is 0. The Hall–Kier alpha value is -0.410. The smallest absolute Gasteiger partial charge is 0.242 e. The van der Waals surface area contributed by atoms with E-state index in [2.05, 4.69) is 5.32 Å². The Kier molecular flexibility index (Phi) is 6.86. The normalized spacial score (nSPS) is 28.6. The van der Waals surface area contributed by atoms with Gasteiger partial charge in [0, 0.05) is 32.7 Å². The van der Waals surface area contributed by atoms with Gasteiger partial charge in [-0.1, -0.05) is 0 Å². The van der Waals surface area contributed by atoms with E-state index in [-0.39, 0.29) is 30.5 Å². The van der Waals surface area contributed by atoms with Crippen LogP contribution in [0.15, 0.2) is 0 Å². The number of carbonyl (C=O) groups excluding carboxylic acids is 1. The lowest BCUT2D eigenvalue weighted by Crippen LogP contribution is -2.56. The first kappa shape index (κ1) is 18.6. The minimum absolute atomic E-state index is 0. The van der Waals surface area contributed by atoms with Crippen molar-refractivity contribution in [3.05, 3.63) is 0 Å². The van der Waals surface area contributed by atoms with Gasteiger partial charge in [-0.25, -0.2) is 12.7 Å². The molecule has 0 unspecified atom stereocenters. The second-order valence-electron chi connectivity index (χ2n) is 5.35. The van der Waals surface area contributed by atoms with Crippen LogP contribution < -0.4 is 5.32 Å². The van der Waals surface area contributed by atoms with Crippen LogP contribution in [-0.4, -0.2) is 81.3 Å². The molecule has 1 amide bonds. The Balaban J connectivity index is 0.00000220. The van der Waals surface area contributed by atoms with Gasteiger partial charge in [0.05, 0.1) is 19.0 Å². The average molecular weight is 342 g/mol. The van der Waals surface area contributed by atoms with Gasteiger partial charge in [0.15, 0.2) is 0 Å². The minimum Gasteiger partial charge on any atom is -0.375 e. The zero-order valence-electron chi connectivity index (χ0n) is 12.4. The quantitative estimate of drug-likeness (QED) is 0.717. The van der Waals surface area contributed by atoms with Crippen molar-refractivity contribution in [2.24, 2.45) is 0 Å². The standard InChI is InChI=1S/C12H23N3O4S.ClH/c1-10-11(13-4-9-19-10)12(16)14-5-3-6-15(8-7-14)20(2,17)18;/h10-11,13H,3-9H2,1-2H3;1H/t10-,11+;/m1./s1. The van der Waals surface area contributed by atoms with Gasteiger partial charge in [-0.2, -0.15) is 0 Å². The fourth-order valence-electron chi connectivity index (χ4n) is 2.65. The number of sulfonamides is 1. The van der Waals surface area contributed by atoms with Crippen LogP contribution in [0.5, 0.6) is 0 Å². The number of carbonyl (C=O) groups is 1. The number of hydrogen-bond acceptors (Lipinski definition) is 5. The van der Waals surface area contributed by atoms with Crippen LogP contribution in [-0.2, 0) is 19.6 Å². The van der Waals surface area contributed by atoms with Crippen LogP contribution in [0.25, 0.3) is 0 Å². The summed E-state index contributed by atoms with van der Waals surface area (Å²) in [5, 5.41) is 3.18. The molecule has 0 bridgehead atoms. The van der Waals surface area contributed by atoms with Crippen LogP contribution in [0, 0.1) is 0 Å². The van der Waals surface area contributed by atoms with Crippen molar-refractivity contribution in [1.29, 1.82) is 0 Å². The number of rotatable bonds is 2. The molecule has 2 heterocycles. The first-order valence-corrected chi connectivity index (χ1v) is 8.83. The van der Waals surface area contributed by atoms with Crippen LogP contribution >= 0.6 is 12.4 Å². The van der Waals surface area contributed by atoms with E-state index in [1.165, 1.54) is 10.6 Å². The van der Waals surface area contributed by atoms with Crippen molar-refractivity contribution in [3.63, 3.8) is 0 Å². The third-order valence-corrected chi connectivity index (χ3v) is 5.12. The van der Waals surface area contributed by atoms with Gasteiger partial charge in [-0.3, -0.25) is 4.79 Å². The van der Waals surface area contributed by atoms with Crippen molar-refractivity contribution >= 4 is 28.3 Å². The van der Waals surface area contributed by atoms with E-state index in [0.717, 1.165) is 0 Å². The SMILES string of the molecule is C[C@H]1OCCN[C@@H]1C(=O)N1CCCN(S(C)(=O)=O)CC1.Cl. The van der Waals surface area contributed by atoms with Crippen LogP contribution in [0.2, 0.25) is 0 Å². The Morgan fingerprint density at radius 1 is 1.24 bits per heavy atom. The van der Waals surface area contributed by atoms with Gasteiger partial charge < -0.3 is 15.0 Å². The van der Waals surface area contributed by atoms with E-state index in [4.69, 9.17) is 4.74 Å². The summed E-state index contributed by atoms with van der Waals surface area (Å²) >= 11 is 0. The Labute approximate surface area is 132 Å². The second kappa shape index (κ2) is 7.73. The largest absolute Gasteiger partial charge is 0.375 e. The molecule has 0 saturated carbocycles. The summed E-state index contributed by atoms with van der Waals surface area (Å²) in [4.78, 5) is 14.2. The molecule has 0 radical (unpaired) electrons. The highest BCUT2D eigenvalue weighted by atomic mass is 35.5. The highest BCUT2D eigenvalue weighted by Crippen LogP contribution is 2.12. The molecule has 9 heteroatoms. The van der Waals surface area contributed by atoms with Crippen molar-refractivity contribution in [1.82, 2.24) is 14.5 Å². The Bertz CT molecular complexity index is 459. The van der Waals surface area contributed by atoms with Crippen molar-refractivity contribution in [3.8, 4) is 0 Å². The van der Waals surface area contributed by atoms with Crippen LogP contribution in [0.4, 0.5) is 0 Å². The molecular weight excluding hydrogens is 318 g/mol. The van der Waals surface area contributed by atoms with Gasteiger partial charge in [-0.05, 0) is 13.3 Å². The highest BCUT2D eigenvalue weighted by Gasteiger charge is 2.33. The maximum absolute atomic E-state index is 12.5. The molecule has 0 spiro atoms. The molecule has 2 fully saturated rings. The lowest BCUT2D eigenvalue weighted by Gasteiger charge is -2.33. The summed E-state index contributed by atoms with van der Waals surface area (Å²) in [6.07, 6.45) is 1.73. The van der Waals surface area contributed by atoms with E-state index in [1.807, 2.05) is 6.92 Å². The number of nitrogens with zero attached hydrogens (tertiary/aromatic N) is 2. The molecule has 0 aliphatic carbocycles. The van der Waals surface area contributed by atoms with Gasteiger partial charge in [0.25, 0.3) is 0 Å². The highest BCUT2D eigenvalue weighted by molar-refractivity contribution is 7.88. The number of amides is 1. The molecular formula is C12H24ClN3O4S. The predicted octanol–water partition coefficient (Wildman–Crippen LogP) is -0.721. The first-order chi connectivity index (χ1) is 9.39. The molecule has 2 atom stereocenters. The third-order valence-electron chi connectivity index (χ3n) is 3.82. The molecule has 1 N–H and O–H groups in total. The van der Waals surface area contributed by atoms with Gasteiger partial charge >= 0.3 is 0 Å². The summed E-state index contributed by atoms with van der Waals surface area (Å²) in [5.74, 6) is 0.00699. The maximum atomic E-state index is 12.5. The fourth-order valence-corrected chi connectivity index (χ4v) is 3.53. The zero-order chi connectivity index (χ0) is 14.8. The van der Waals surface area contributed by atoms with E-state index < -0.39 is 10.0 Å². The molecule has 21 heavy (non-hydrogen) atoms. The molecule has 0 aromatic heterocycles. The number of ether oxygens (including phenoxy) is 1. The number of hydrogen-bond donors (Lipinski definition) is 1. The van der Waals surface area contributed by atoms with E-state index >= 15 is 0 Å². The average Bonchev–Trinajstić information content (AvgIpc) is 2.63. The molecule has 2 aliphatic heterocycles. The third kappa shape index (κ3) is 4.79. The van der Waals surface area contributed by atoms with Crippen LogP contribution in [0.3, 0.4) is 0 Å². The molecule has 124 valence electrons. The van der Waals surface area contributed by atoms with Gasteiger partial charge in [0.2, 0.25) is 15.9 Å². The topological polar surface area (TPSA) is 79.0 Å². The summed E-state index contributed by atoms with van der Waals surface area (Å²) in [6.45, 7) is 5.05. The number of nitrogens with one attached hydrogen (secondary N) is 1. The van der Waals surface area contributed by atoms with Crippen LogP contribution in [0.1, 0.15) is 13.3 Å². The fraction of sp³-hybridized carbons (Fsp3) is 0.917. The van der Waals surface area contributed by atoms with Gasteiger partial charge in [-0.15, -0.1) is 12.4 Å². The maximum Gasteiger partial charge on any atom is 0.242 e. The lowest BCUT2D eigenvalue weighted by molar-refractivity contribution is -0.139. The molecule has 2 aliphatic rings.